The number of benzene rings is 1. The Labute approximate surface area is 218 Å². The van der Waals surface area contributed by atoms with E-state index < -0.39 is 16.1 Å². The second-order valence-electron chi connectivity index (χ2n) is 9.04. The van der Waals surface area contributed by atoms with Gasteiger partial charge in [-0.25, -0.2) is 4.98 Å². The molecular formula is C24H30BrCl2N3O2S. The molecule has 3 rings (SSSR count). The van der Waals surface area contributed by atoms with Crippen molar-refractivity contribution in [2.75, 3.05) is 24.6 Å². The van der Waals surface area contributed by atoms with E-state index in [1.54, 1.807) is 12.1 Å². The molecule has 180 valence electrons. The Morgan fingerprint density at radius 1 is 1.30 bits per heavy atom. The zero-order valence-electron chi connectivity index (χ0n) is 19.1. The van der Waals surface area contributed by atoms with Crippen LogP contribution in [0, 0.1) is 5.92 Å². The number of hydrogen-bond donors (Lipinski definition) is 1. The van der Waals surface area contributed by atoms with Crippen LogP contribution in [-0.4, -0.2) is 34.0 Å². The average Bonchev–Trinajstić information content (AvgIpc) is 2.78. The van der Waals surface area contributed by atoms with Crippen LogP contribution in [0.3, 0.4) is 0 Å². The molecule has 1 aliphatic heterocycles. The van der Waals surface area contributed by atoms with Crippen LogP contribution in [0.4, 0.5) is 5.82 Å². The highest BCUT2D eigenvalue weighted by Crippen LogP contribution is 2.41. The molecular weight excluding hydrogens is 545 g/mol. The standard InChI is InChI=1S/C24H30BrCl2N3O2S/c1-5-12-32-21-14-20(27)19(26)13-18(21)23(29-33(31)24(2,3)4)16-8-10-30(11-9-16)22-7-6-17(25)15-28-22/h5-7,13-16,23,29H,1,8-12H2,2-4H3/t23?,33-/m0/s1. The third-order valence-electron chi connectivity index (χ3n) is 5.58. The van der Waals surface area contributed by atoms with Gasteiger partial charge in [-0.2, -0.15) is 0 Å². The van der Waals surface area contributed by atoms with Gasteiger partial charge < -0.3 is 14.2 Å². The van der Waals surface area contributed by atoms with Crippen molar-refractivity contribution in [3.8, 4) is 5.75 Å². The monoisotopic (exact) mass is 573 g/mol. The van der Waals surface area contributed by atoms with Gasteiger partial charge in [0.25, 0.3) is 0 Å². The van der Waals surface area contributed by atoms with Crippen molar-refractivity contribution in [2.45, 2.75) is 44.4 Å². The molecule has 33 heavy (non-hydrogen) atoms. The molecule has 1 N–H and O–H groups in total. The Kier molecular flexibility index (Phi) is 9.40. The summed E-state index contributed by atoms with van der Waals surface area (Å²) < 4.78 is 23.0. The number of aromatic nitrogens is 1. The zero-order chi connectivity index (χ0) is 24.2. The minimum Gasteiger partial charge on any atom is -0.598 e. The van der Waals surface area contributed by atoms with E-state index in [1.807, 2.05) is 45.2 Å². The number of rotatable bonds is 8. The molecule has 2 heterocycles. The molecule has 0 bridgehead atoms. The molecule has 0 spiro atoms. The number of ether oxygens (including phenoxy) is 1. The molecule has 5 nitrogen and oxygen atoms in total. The maximum atomic E-state index is 13.1. The van der Waals surface area contributed by atoms with Crippen molar-refractivity contribution in [3.63, 3.8) is 0 Å². The zero-order valence-corrected chi connectivity index (χ0v) is 23.0. The fourth-order valence-electron chi connectivity index (χ4n) is 3.78. The van der Waals surface area contributed by atoms with Crippen molar-refractivity contribution in [2.24, 2.45) is 5.92 Å². The summed E-state index contributed by atoms with van der Waals surface area (Å²) >= 11 is 14.9. The normalized spacial score (nSPS) is 17.0. The molecule has 1 saturated heterocycles. The van der Waals surface area contributed by atoms with Gasteiger partial charge in [0.2, 0.25) is 0 Å². The van der Waals surface area contributed by atoms with Gasteiger partial charge in [-0.1, -0.05) is 35.9 Å². The molecule has 2 atom stereocenters. The number of halogens is 3. The Bertz CT molecular complexity index is 948. The van der Waals surface area contributed by atoms with E-state index in [0.717, 1.165) is 41.8 Å². The Morgan fingerprint density at radius 2 is 1.97 bits per heavy atom. The summed E-state index contributed by atoms with van der Waals surface area (Å²) in [5.41, 5.74) is 0.865. The van der Waals surface area contributed by atoms with Gasteiger partial charge in [0.1, 0.15) is 22.9 Å². The molecule has 0 saturated carbocycles. The molecule has 1 aromatic heterocycles. The number of hydrogen-bond acceptors (Lipinski definition) is 5. The number of nitrogens with zero attached hydrogens (tertiary/aromatic N) is 2. The maximum absolute atomic E-state index is 13.1. The number of anilines is 1. The van der Waals surface area contributed by atoms with E-state index in [9.17, 15) is 4.55 Å². The number of nitrogens with one attached hydrogen (secondary N) is 1. The first-order valence-electron chi connectivity index (χ1n) is 10.9. The van der Waals surface area contributed by atoms with Crippen LogP contribution in [0.2, 0.25) is 10.0 Å². The summed E-state index contributed by atoms with van der Waals surface area (Å²) in [6.07, 6.45) is 5.30. The highest BCUT2D eigenvalue weighted by atomic mass is 79.9. The van der Waals surface area contributed by atoms with Crippen molar-refractivity contribution in [1.29, 1.82) is 0 Å². The van der Waals surface area contributed by atoms with Crippen LogP contribution in [0.5, 0.6) is 5.75 Å². The van der Waals surface area contributed by atoms with Gasteiger partial charge in [0.05, 0.1) is 16.1 Å². The molecule has 1 aliphatic rings. The fourth-order valence-corrected chi connectivity index (χ4v) is 5.25. The van der Waals surface area contributed by atoms with Gasteiger partial charge in [-0.05, 0) is 73.7 Å². The summed E-state index contributed by atoms with van der Waals surface area (Å²) in [6, 6.07) is 7.39. The van der Waals surface area contributed by atoms with E-state index in [0.29, 0.717) is 22.4 Å². The average molecular weight is 575 g/mol. The SMILES string of the molecule is C=CCOc1cc(Cl)c(Cl)cc1C(N[S@@+]([O-])C(C)(C)C)C1CCN(c2ccc(Br)cn2)CC1. The van der Waals surface area contributed by atoms with Crippen molar-refractivity contribution in [3.05, 3.63) is 63.2 Å². The van der Waals surface area contributed by atoms with E-state index in [4.69, 9.17) is 27.9 Å². The van der Waals surface area contributed by atoms with E-state index >= 15 is 0 Å². The minimum absolute atomic E-state index is 0.209. The van der Waals surface area contributed by atoms with Crippen LogP contribution in [0.25, 0.3) is 0 Å². The van der Waals surface area contributed by atoms with Gasteiger partial charge in [0, 0.05) is 46.8 Å². The fraction of sp³-hybridized carbons (Fsp3) is 0.458. The Morgan fingerprint density at radius 3 is 2.55 bits per heavy atom. The quantitative estimate of drug-likeness (QED) is 0.280. The number of piperidine rings is 1. The highest BCUT2D eigenvalue weighted by molar-refractivity contribution is 9.10. The lowest BCUT2D eigenvalue weighted by atomic mass is 9.85. The van der Waals surface area contributed by atoms with Crippen LogP contribution < -0.4 is 14.4 Å². The molecule has 0 amide bonds. The first-order valence-corrected chi connectivity index (χ1v) is 13.6. The topological polar surface area (TPSA) is 60.4 Å². The summed E-state index contributed by atoms with van der Waals surface area (Å²) in [5, 5.41) is 0.869. The number of pyridine rings is 1. The summed E-state index contributed by atoms with van der Waals surface area (Å²) in [4.78, 5) is 6.82. The smallest absolute Gasteiger partial charge is 0.136 e. The molecule has 1 fully saturated rings. The summed E-state index contributed by atoms with van der Waals surface area (Å²) in [5.74, 6) is 1.82. The van der Waals surface area contributed by atoms with Crippen molar-refractivity contribution >= 4 is 56.3 Å². The molecule has 0 aliphatic carbocycles. The van der Waals surface area contributed by atoms with E-state index in [-0.39, 0.29) is 12.0 Å². The summed E-state index contributed by atoms with van der Waals surface area (Å²) in [6.45, 7) is 11.7. The molecule has 2 aromatic rings. The third-order valence-corrected chi connectivity index (χ3v) is 8.35. The van der Waals surface area contributed by atoms with Gasteiger partial charge in [-0.15, -0.1) is 4.72 Å². The van der Waals surface area contributed by atoms with Crippen LogP contribution in [0.15, 0.2) is 47.6 Å². The third kappa shape index (κ3) is 7.03. The molecule has 0 radical (unpaired) electrons. The lowest BCUT2D eigenvalue weighted by Gasteiger charge is -2.38. The molecule has 1 aromatic carbocycles. The lowest BCUT2D eigenvalue weighted by Crippen LogP contribution is -2.46. The lowest BCUT2D eigenvalue weighted by molar-refractivity contribution is 0.306. The summed E-state index contributed by atoms with van der Waals surface area (Å²) in [7, 11) is 0. The molecule has 9 heteroatoms. The van der Waals surface area contributed by atoms with Crippen LogP contribution in [0.1, 0.15) is 45.2 Å². The predicted octanol–water partition coefficient (Wildman–Crippen LogP) is 6.73. The first kappa shape index (κ1) is 26.6. The highest BCUT2D eigenvalue weighted by Gasteiger charge is 2.37. The van der Waals surface area contributed by atoms with Crippen LogP contribution >= 0.6 is 39.1 Å². The van der Waals surface area contributed by atoms with Crippen molar-refractivity contribution < 1.29 is 9.29 Å². The molecule has 1 unspecified atom stereocenters. The Hall–Kier alpha value is -0.960. The van der Waals surface area contributed by atoms with Gasteiger partial charge >= 0.3 is 0 Å². The second kappa shape index (κ2) is 11.6. The largest absolute Gasteiger partial charge is 0.598 e. The van der Waals surface area contributed by atoms with E-state index in [1.165, 1.54) is 0 Å². The van der Waals surface area contributed by atoms with Gasteiger partial charge in [0.15, 0.2) is 0 Å². The van der Waals surface area contributed by atoms with E-state index in [2.05, 4.69) is 37.1 Å². The van der Waals surface area contributed by atoms with Crippen LogP contribution in [-0.2, 0) is 11.4 Å². The van der Waals surface area contributed by atoms with Crippen molar-refractivity contribution in [1.82, 2.24) is 9.71 Å². The minimum atomic E-state index is -1.28. The Balaban J connectivity index is 1.89. The predicted molar refractivity (Wildman–Crippen MR) is 143 cm³/mol. The first-order chi connectivity index (χ1) is 15.6. The van der Waals surface area contributed by atoms with Gasteiger partial charge in [-0.3, -0.25) is 0 Å². The second-order valence-corrected chi connectivity index (χ2v) is 12.8. The maximum Gasteiger partial charge on any atom is 0.136 e.